The Morgan fingerprint density at radius 1 is 1.06 bits per heavy atom. The molecule has 0 radical (unpaired) electrons. The fourth-order valence-electron chi connectivity index (χ4n) is 4.03. The van der Waals surface area contributed by atoms with E-state index in [-0.39, 0.29) is 43.4 Å². The Bertz CT molecular complexity index is 992. The van der Waals surface area contributed by atoms with Crippen LogP contribution in [0.3, 0.4) is 0 Å². The Balaban J connectivity index is 1.26. The first-order valence-electron chi connectivity index (χ1n) is 10.9. The molecule has 0 unspecified atom stereocenters. The van der Waals surface area contributed by atoms with Crippen molar-refractivity contribution < 1.29 is 23.5 Å². The lowest BCUT2D eigenvalue weighted by Gasteiger charge is -2.20. The van der Waals surface area contributed by atoms with Gasteiger partial charge in [0.2, 0.25) is 5.91 Å². The summed E-state index contributed by atoms with van der Waals surface area (Å²) in [7, 11) is 0. The number of benzene rings is 2. The minimum atomic E-state index is -0.572. The molecule has 1 atom stereocenters. The van der Waals surface area contributed by atoms with Crippen LogP contribution < -0.4 is 15.1 Å². The smallest absolute Gasteiger partial charge is 0.414 e. The average molecular weight is 439 g/mol. The highest BCUT2D eigenvalue weighted by molar-refractivity contribution is 5.98. The normalized spacial score (nSPS) is 18.0. The zero-order valence-corrected chi connectivity index (χ0v) is 17.8. The molecule has 2 aromatic carbocycles. The lowest BCUT2D eigenvalue weighted by atomic mass is 10.1. The van der Waals surface area contributed by atoms with E-state index < -0.39 is 12.2 Å². The Kier molecular flexibility index (Phi) is 6.68. The van der Waals surface area contributed by atoms with E-state index in [9.17, 15) is 18.8 Å². The van der Waals surface area contributed by atoms with Crippen LogP contribution in [0.1, 0.15) is 36.0 Å². The van der Waals surface area contributed by atoms with E-state index in [0.717, 1.165) is 25.9 Å². The van der Waals surface area contributed by atoms with Gasteiger partial charge in [-0.25, -0.2) is 9.18 Å². The molecule has 1 N–H and O–H groups in total. The third-order valence-corrected chi connectivity index (χ3v) is 5.77. The number of carbonyl (C=O) groups excluding carboxylic acids is 3. The molecule has 0 aromatic heterocycles. The second kappa shape index (κ2) is 9.80. The predicted octanol–water partition coefficient (Wildman–Crippen LogP) is 3.53. The zero-order chi connectivity index (χ0) is 22.5. The SMILES string of the molecule is O=C(CCC(=O)c1ccccc1)NC[C@H]1CN(c2ccc(N3CCCC3)c(F)c2)C(=O)O1. The van der Waals surface area contributed by atoms with Crippen LogP contribution in [0.5, 0.6) is 0 Å². The van der Waals surface area contributed by atoms with Crippen molar-refractivity contribution >= 4 is 29.2 Å². The standard InChI is InChI=1S/C24H26FN3O4/c25-20-14-18(8-9-21(20)27-12-4-5-13-27)28-16-19(32-24(28)31)15-26-23(30)11-10-22(29)17-6-2-1-3-7-17/h1-3,6-9,14,19H,4-5,10-13,15-16H2,(H,26,30)/t19-/m0/s1. The number of amides is 2. The Labute approximate surface area is 186 Å². The molecule has 0 spiro atoms. The maximum absolute atomic E-state index is 14.6. The number of rotatable bonds is 8. The molecular formula is C24H26FN3O4. The third kappa shape index (κ3) is 5.07. The highest BCUT2D eigenvalue weighted by Crippen LogP contribution is 2.29. The van der Waals surface area contributed by atoms with Gasteiger partial charge in [-0.05, 0) is 31.0 Å². The van der Waals surface area contributed by atoms with Gasteiger partial charge in [0.05, 0.1) is 24.5 Å². The first kappa shape index (κ1) is 21.8. The predicted molar refractivity (Wildman–Crippen MR) is 118 cm³/mol. The van der Waals surface area contributed by atoms with Crippen LogP contribution in [0, 0.1) is 5.82 Å². The maximum atomic E-state index is 14.6. The van der Waals surface area contributed by atoms with Gasteiger partial charge >= 0.3 is 6.09 Å². The van der Waals surface area contributed by atoms with Crippen molar-refractivity contribution in [1.82, 2.24) is 5.32 Å². The highest BCUT2D eigenvalue weighted by Gasteiger charge is 2.33. The summed E-state index contributed by atoms with van der Waals surface area (Å²) < 4.78 is 19.9. The van der Waals surface area contributed by atoms with Crippen LogP contribution in [0.25, 0.3) is 0 Å². The molecule has 2 amide bonds. The summed E-state index contributed by atoms with van der Waals surface area (Å²) in [6, 6.07) is 13.6. The van der Waals surface area contributed by atoms with Gasteiger partial charge in [-0.3, -0.25) is 14.5 Å². The van der Waals surface area contributed by atoms with Gasteiger partial charge in [0.15, 0.2) is 5.78 Å². The molecule has 2 saturated heterocycles. The van der Waals surface area contributed by atoms with Crippen LogP contribution in [-0.4, -0.2) is 50.1 Å². The average Bonchev–Trinajstić information content (AvgIpc) is 3.46. The van der Waals surface area contributed by atoms with Gasteiger partial charge in [0, 0.05) is 31.5 Å². The quantitative estimate of drug-likeness (QED) is 0.637. The highest BCUT2D eigenvalue weighted by atomic mass is 19.1. The number of nitrogens with zero attached hydrogens (tertiary/aromatic N) is 2. The van der Waals surface area contributed by atoms with E-state index in [1.54, 1.807) is 36.4 Å². The summed E-state index contributed by atoms with van der Waals surface area (Å²) in [5.41, 5.74) is 1.55. The van der Waals surface area contributed by atoms with Gasteiger partial charge in [0.25, 0.3) is 0 Å². The topological polar surface area (TPSA) is 79.0 Å². The van der Waals surface area contributed by atoms with E-state index >= 15 is 0 Å². The van der Waals surface area contributed by atoms with Crippen molar-refractivity contribution in [1.29, 1.82) is 0 Å². The number of ether oxygens (including phenoxy) is 1. The molecule has 8 heteroatoms. The van der Waals surface area contributed by atoms with Gasteiger partial charge in [0.1, 0.15) is 11.9 Å². The molecule has 32 heavy (non-hydrogen) atoms. The Morgan fingerprint density at radius 2 is 1.81 bits per heavy atom. The molecule has 7 nitrogen and oxygen atoms in total. The summed E-state index contributed by atoms with van der Waals surface area (Å²) >= 11 is 0. The summed E-state index contributed by atoms with van der Waals surface area (Å²) in [6.45, 7) is 2.01. The molecular weight excluding hydrogens is 413 g/mol. The number of hydrogen-bond donors (Lipinski definition) is 1. The number of Topliss-reactive ketones (excluding diaryl/α,β-unsaturated/α-hetero) is 1. The zero-order valence-electron chi connectivity index (χ0n) is 17.8. The molecule has 168 valence electrons. The summed E-state index contributed by atoms with van der Waals surface area (Å²) in [5, 5.41) is 2.71. The summed E-state index contributed by atoms with van der Waals surface area (Å²) in [6.07, 6.45) is 1.14. The Hall–Kier alpha value is -3.42. The lowest BCUT2D eigenvalue weighted by molar-refractivity contribution is -0.121. The molecule has 2 aliphatic rings. The van der Waals surface area contributed by atoms with Crippen molar-refractivity contribution in [3.63, 3.8) is 0 Å². The number of nitrogens with one attached hydrogen (secondary N) is 1. The molecule has 0 saturated carbocycles. The first-order valence-corrected chi connectivity index (χ1v) is 10.9. The minimum absolute atomic E-state index is 0.0568. The minimum Gasteiger partial charge on any atom is -0.442 e. The number of carbonyl (C=O) groups is 3. The van der Waals surface area contributed by atoms with E-state index in [1.165, 1.54) is 11.0 Å². The van der Waals surface area contributed by atoms with Gasteiger partial charge in [-0.2, -0.15) is 0 Å². The van der Waals surface area contributed by atoms with Crippen molar-refractivity contribution in [2.45, 2.75) is 31.8 Å². The van der Waals surface area contributed by atoms with Crippen LogP contribution in [0.2, 0.25) is 0 Å². The number of cyclic esters (lactones) is 1. The van der Waals surface area contributed by atoms with Gasteiger partial charge < -0.3 is 15.0 Å². The number of hydrogen-bond acceptors (Lipinski definition) is 5. The molecule has 4 rings (SSSR count). The molecule has 0 aliphatic carbocycles. The fraction of sp³-hybridized carbons (Fsp3) is 0.375. The van der Waals surface area contributed by atoms with Crippen LogP contribution in [-0.2, 0) is 9.53 Å². The van der Waals surface area contributed by atoms with Crippen LogP contribution in [0.15, 0.2) is 48.5 Å². The summed E-state index contributed by atoms with van der Waals surface area (Å²) in [5.74, 6) is -0.750. The second-order valence-electron chi connectivity index (χ2n) is 8.04. The fourth-order valence-corrected chi connectivity index (χ4v) is 4.03. The molecule has 2 fully saturated rings. The second-order valence-corrected chi connectivity index (χ2v) is 8.04. The number of ketones is 1. The van der Waals surface area contributed by atoms with Gasteiger partial charge in [-0.15, -0.1) is 0 Å². The number of anilines is 2. The molecule has 2 heterocycles. The van der Waals surface area contributed by atoms with Crippen molar-refractivity contribution in [3.05, 3.63) is 59.9 Å². The number of halogens is 1. The van der Waals surface area contributed by atoms with Crippen LogP contribution in [0.4, 0.5) is 20.6 Å². The monoisotopic (exact) mass is 439 g/mol. The van der Waals surface area contributed by atoms with Gasteiger partial charge in [-0.1, -0.05) is 30.3 Å². The van der Waals surface area contributed by atoms with Crippen molar-refractivity contribution in [2.75, 3.05) is 36.0 Å². The lowest BCUT2D eigenvalue weighted by Crippen LogP contribution is -2.34. The maximum Gasteiger partial charge on any atom is 0.414 e. The molecule has 2 aliphatic heterocycles. The molecule has 2 aromatic rings. The molecule has 0 bridgehead atoms. The third-order valence-electron chi connectivity index (χ3n) is 5.77. The largest absolute Gasteiger partial charge is 0.442 e. The van der Waals surface area contributed by atoms with Crippen molar-refractivity contribution in [3.8, 4) is 0 Å². The van der Waals surface area contributed by atoms with Crippen molar-refractivity contribution in [2.24, 2.45) is 0 Å². The first-order chi connectivity index (χ1) is 15.5. The van der Waals surface area contributed by atoms with Crippen LogP contribution >= 0.6 is 0 Å². The van der Waals surface area contributed by atoms with E-state index in [1.807, 2.05) is 11.0 Å². The summed E-state index contributed by atoms with van der Waals surface area (Å²) in [4.78, 5) is 39.8. The van der Waals surface area contributed by atoms with E-state index in [4.69, 9.17) is 4.74 Å². The Morgan fingerprint density at radius 3 is 2.53 bits per heavy atom. The van der Waals surface area contributed by atoms with E-state index in [2.05, 4.69) is 5.32 Å². The van der Waals surface area contributed by atoms with E-state index in [0.29, 0.717) is 16.9 Å².